The normalized spacial score (nSPS) is 35.4. The molecule has 0 aromatic heterocycles. The number of hydrogen-bond donors (Lipinski definition) is 0. The second-order valence-electron chi connectivity index (χ2n) is 12.7. The standard InChI is InChI=1S/C12H13.C11H11O.C10H9O2.C2H6.3Y/c1-8-3-4-9-6-12(2)7-11(12)10(9)5-8;1-7-3-4-8-6-11(2)10(12-11)9(8)5-7;1-10-5-6-2-3-7(11)4-8(6)9(10)12-10;1-2;;;/h4-5,11H,6-7H2,1-2H3;4-5,10H,6H2,1-2H3;2,4,6,9H,5H2,1H3;1-2H3;;;/q3*-1;;;;. The van der Waals surface area contributed by atoms with Crippen LogP contribution in [0.1, 0.15) is 92.9 Å². The van der Waals surface area contributed by atoms with Crippen molar-refractivity contribution in [1.82, 2.24) is 0 Å². The zero-order chi connectivity index (χ0) is 27.0. The van der Waals surface area contributed by atoms with Crippen molar-refractivity contribution in [3.05, 3.63) is 93.6 Å². The number of benzene rings is 2. The van der Waals surface area contributed by atoms with E-state index in [0.29, 0.717) is 17.4 Å². The second-order valence-corrected chi connectivity index (χ2v) is 12.7. The summed E-state index contributed by atoms with van der Waals surface area (Å²) in [5.41, 5.74) is 10.5. The third kappa shape index (κ3) is 6.99. The van der Waals surface area contributed by atoms with Crippen molar-refractivity contribution in [1.29, 1.82) is 0 Å². The molecule has 2 aromatic carbocycles. The summed E-state index contributed by atoms with van der Waals surface area (Å²) in [6.45, 7) is 14.9. The minimum atomic E-state index is -0.0130. The molecule has 0 N–H and O–H groups in total. The molecule has 4 fully saturated rings. The van der Waals surface area contributed by atoms with E-state index in [-0.39, 0.29) is 121 Å². The van der Waals surface area contributed by atoms with E-state index in [0.717, 1.165) is 18.8 Å². The molecular formula is C35H39O3Y3-3. The van der Waals surface area contributed by atoms with Crippen molar-refractivity contribution >= 4 is 5.78 Å². The summed E-state index contributed by atoms with van der Waals surface area (Å²) in [5, 5.41) is 0. The molecule has 3 nitrogen and oxygen atoms in total. The topological polar surface area (TPSA) is 42.1 Å². The maximum Gasteiger partial charge on any atom is 0.0955 e. The van der Waals surface area contributed by atoms with Gasteiger partial charge >= 0.3 is 0 Å². The molecule has 7 atom stereocenters. The number of allylic oxidation sites excluding steroid dienone is 3. The van der Waals surface area contributed by atoms with E-state index in [1.54, 1.807) is 17.2 Å². The molecule has 2 aromatic rings. The van der Waals surface area contributed by atoms with Crippen molar-refractivity contribution in [2.45, 2.75) is 103 Å². The van der Waals surface area contributed by atoms with Gasteiger partial charge in [-0.15, -0.1) is 16.7 Å². The number of hydrogen-bond acceptors (Lipinski definition) is 3. The third-order valence-corrected chi connectivity index (χ3v) is 9.43. The van der Waals surface area contributed by atoms with Gasteiger partial charge in [0.1, 0.15) is 0 Å². The summed E-state index contributed by atoms with van der Waals surface area (Å²) in [7, 11) is 0. The fourth-order valence-electron chi connectivity index (χ4n) is 7.12. The summed E-state index contributed by atoms with van der Waals surface area (Å²) < 4.78 is 11.1. The Morgan fingerprint density at radius 3 is 2.05 bits per heavy atom. The van der Waals surface area contributed by atoms with Crippen molar-refractivity contribution < 1.29 is 112 Å². The second kappa shape index (κ2) is 13.3. The number of aryl methyl sites for hydroxylation is 2. The third-order valence-electron chi connectivity index (χ3n) is 9.43. The Morgan fingerprint density at radius 2 is 1.39 bits per heavy atom. The number of ketones is 1. The van der Waals surface area contributed by atoms with Crippen LogP contribution in [0.4, 0.5) is 0 Å². The molecule has 9 rings (SSSR count). The van der Waals surface area contributed by atoms with Gasteiger partial charge in [0.05, 0.1) is 23.4 Å². The molecule has 0 bridgehead atoms. The zero-order valence-electron chi connectivity index (χ0n) is 25.6. The van der Waals surface area contributed by atoms with Crippen LogP contribution in [0.2, 0.25) is 0 Å². The molecule has 2 saturated heterocycles. The fraction of sp³-hybridized carbons (Fsp3) is 0.514. The molecule has 0 spiro atoms. The summed E-state index contributed by atoms with van der Waals surface area (Å²) >= 11 is 0. The van der Waals surface area contributed by atoms with E-state index in [2.05, 4.69) is 77.1 Å². The van der Waals surface area contributed by atoms with Crippen LogP contribution in [0.5, 0.6) is 0 Å². The van der Waals surface area contributed by atoms with Gasteiger partial charge in [-0.05, 0) is 50.4 Å². The molecule has 209 valence electrons. The van der Waals surface area contributed by atoms with Crippen LogP contribution in [0.15, 0.2) is 42.0 Å². The summed E-state index contributed by atoms with van der Waals surface area (Å²) in [5.74, 6) is 1.30. The first-order chi connectivity index (χ1) is 18.1. The first-order valence-corrected chi connectivity index (χ1v) is 14.3. The van der Waals surface area contributed by atoms with Crippen LogP contribution in [0.3, 0.4) is 0 Å². The number of epoxide rings is 2. The van der Waals surface area contributed by atoms with E-state index in [9.17, 15) is 4.79 Å². The molecule has 3 radical (unpaired) electrons. The van der Waals surface area contributed by atoms with E-state index in [4.69, 9.17) is 9.47 Å². The Hall–Kier alpha value is 0.822. The largest absolute Gasteiger partial charge is 0.364 e. The summed E-state index contributed by atoms with van der Waals surface area (Å²) in [6, 6.07) is 15.4. The van der Waals surface area contributed by atoms with Crippen LogP contribution >= 0.6 is 0 Å². The van der Waals surface area contributed by atoms with Gasteiger partial charge in [0.2, 0.25) is 0 Å². The number of ether oxygens (including phenoxy) is 2. The van der Waals surface area contributed by atoms with E-state index in [1.165, 1.54) is 40.7 Å². The molecule has 7 unspecified atom stereocenters. The molecule has 2 aliphatic heterocycles. The van der Waals surface area contributed by atoms with Crippen LogP contribution in [0.25, 0.3) is 0 Å². The van der Waals surface area contributed by atoms with Crippen molar-refractivity contribution in [2.24, 2.45) is 11.3 Å². The van der Waals surface area contributed by atoms with Gasteiger partial charge in [-0.2, -0.15) is 70.8 Å². The van der Waals surface area contributed by atoms with Crippen LogP contribution in [-0.2, 0) is 125 Å². The first-order valence-electron chi connectivity index (χ1n) is 14.3. The molecule has 2 heterocycles. The van der Waals surface area contributed by atoms with Gasteiger partial charge in [0.25, 0.3) is 0 Å². The van der Waals surface area contributed by atoms with Gasteiger partial charge in [0, 0.05) is 104 Å². The first kappa shape index (κ1) is 36.3. The molecule has 0 amide bonds. The number of carbonyl (C=O) groups excluding carboxylic acids is 1. The van der Waals surface area contributed by atoms with Crippen molar-refractivity contribution in [3.63, 3.8) is 0 Å². The SMILES string of the molecule is CC.CC12CC3C=[C-]C(=O)C=C3C1O2.Cc1[c-]cc2c(c1)C1CC1(C)C2.Cc1[c-]cc2c(c1)C1OC1(C)C2.[Y].[Y].[Y]. The monoisotopic (exact) mass is 774 g/mol. The predicted octanol–water partition coefficient (Wildman–Crippen LogP) is 7.08. The van der Waals surface area contributed by atoms with Gasteiger partial charge in [-0.1, -0.05) is 41.0 Å². The van der Waals surface area contributed by atoms with Crippen molar-refractivity contribution in [2.75, 3.05) is 0 Å². The average molecular weight is 774 g/mol. The molecule has 41 heavy (non-hydrogen) atoms. The number of carbonyl (C=O) groups is 1. The number of rotatable bonds is 0. The fourth-order valence-corrected chi connectivity index (χ4v) is 7.12. The van der Waals surface area contributed by atoms with E-state index >= 15 is 0 Å². The Morgan fingerprint density at radius 1 is 0.805 bits per heavy atom. The Kier molecular flexibility index (Phi) is 11.8. The van der Waals surface area contributed by atoms with Crippen LogP contribution in [-0.4, -0.2) is 23.1 Å². The number of fused-ring (bicyclic) bond motifs is 9. The Bertz CT molecular complexity index is 1310. The van der Waals surface area contributed by atoms with Gasteiger partial charge in [0.15, 0.2) is 0 Å². The van der Waals surface area contributed by atoms with Crippen LogP contribution < -0.4 is 0 Å². The van der Waals surface area contributed by atoms with Gasteiger partial charge < -0.3 is 14.3 Å². The van der Waals surface area contributed by atoms with Gasteiger partial charge in [-0.25, -0.2) is 6.08 Å². The smallest absolute Gasteiger partial charge is 0.0955 e. The Balaban J connectivity index is 0.000000158. The van der Waals surface area contributed by atoms with Crippen molar-refractivity contribution in [3.8, 4) is 0 Å². The maximum atomic E-state index is 11.0. The minimum Gasteiger partial charge on any atom is -0.364 e. The Labute approximate surface area is 322 Å². The zero-order valence-corrected chi connectivity index (χ0v) is 34.1. The maximum absolute atomic E-state index is 11.0. The molecule has 7 aliphatic rings. The van der Waals surface area contributed by atoms with Gasteiger partial charge in [-0.3, -0.25) is 0 Å². The quantitative estimate of drug-likeness (QED) is 0.213. The minimum absolute atomic E-state index is 0. The van der Waals surface area contributed by atoms with E-state index < -0.39 is 0 Å². The summed E-state index contributed by atoms with van der Waals surface area (Å²) in [4.78, 5) is 11.0. The summed E-state index contributed by atoms with van der Waals surface area (Å²) in [6.07, 6.45) is 11.7. The van der Waals surface area contributed by atoms with E-state index in [1.807, 2.05) is 19.9 Å². The average Bonchev–Trinajstić information content (AvgIpc) is 3.81. The van der Waals surface area contributed by atoms with Crippen LogP contribution in [0, 0.1) is 43.4 Å². The molecule has 6 heteroatoms. The molecular weight excluding hydrogens is 735 g/mol. The molecule has 2 saturated carbocycles. The molecule has 5 aliphatic carbocycles. The predicted molar refractivity (Wildman–Crippen MR) is 149 cm³/mol.